The van der Waals surface area contributed by atoms with Gasteiger partial charge in [0.1, 0.15) is 0 Å². The van der Waals surface area contributed by atoms with Crippen molar-refractivity contribution in [2.75, 3.05) is 6.61 Å². The van der Waals surface area contributed by atoms with E-state index in [1.807, 2.05) is 24.3 Å². The van der Waals surface area contributed by atoms with E-state index in [-0.39, 0.29) is 12.1 Å². The minimum Gasteiger partial charge on any atom is -0.372 e. The van der Waals surface area contributed by atoms with Crippen molar-refractivity contribution in [3.63, 3.8) is 0 Å². The van der Waals surface area contributed by atoms with Gasteiger partial charge in [-0.25, -0.2) is 0 Å². The summed E-state index contributed by atoms with van der Waals surface area (Å²) in [5.74, 6) is 0. The van der Waals surface area contributed by atoms with Crippen molar-refractivity contribution in [1.29, 1.82) is 0 Å². The van der Waals surface area contributed by atoms with Crippen LogP contribution in [0.3, 0.4) is 0 Å². The average Bonchev–Trinajstić information content (AvgIpc) is 2.52. The molecule has 2 N–H and O–H groups in total. The summed E-state index contributed by atoms with van der Waals surface area (Å²) in [4.78, 5) is 0. The molecule has 0 bridgehead atoms. The highest BCUT2D eigenvalue weighted by atomic mass is 35.5. The molecule has 1 aromatic carbocycles. The van der Waals surface area contributed by atoms with Crippen molar-refractivity contribution in [2.24, 2.45) is 5.73 Å². The molecule has 70 valence electrons. The van der Waals surface area contributed by atoms with Gasteiger partial charge in [0.15, 0.2) is 0 Å². The Morgan fingerprint density at radius 1 is 1.38 bits per heavy atom. The van der Waals surface area contributed by atoms with Crippen molar-refractivity contribution < 1.29 is 4.74 Å². The molecule has 1 aromatic rings. The van der Waals surface area contributed by atoms with E-state index in [0.717, 1.165) is 23.6 Å². The second-order valence-electron chi connectivity index (χ2n) is 3.27. The SMILES string of the molecule is NC1CCOC1c1ccccc1Cl. The lowest BCUT2D eigenvalue weighted by Crippen LogP contribution is -2.23. The van der Waals surface area contributed by atoms with Gasteiger partial charge >= 0.3 is 0 Å². The van der Waals surface area contributed by atoms with Gasteiger partial charge < -0.3 is 10.5 Å². The Morgan fingerprint density at radius 2 is 2.15 bits per heavy atom. The molecule has 1 aliphatic heterocycles. The predicted octanol–water partition coefficient (Wildman–Crippen LogP) is 2.13. The third kappa shape index (κ3) is 1.70. The predicted molar refractivity (Wildman–Crippen MR) is 52.7 cm³/mol. The van der Waals surface area contributed by atoms with Gasteiger partial charge in [-0.3, -0.25) is 0 Å². The van der Waals surface area contributed by atoms with Crippen molar-refractivity contribution >= 4 is 11.6 Å². The quantitative estimate of drug-likeness (QED) is 0.749. The van der Waals surface area contributed by atoms with Crippen LogP contribution in [0.5, 0.6) is 0 Å². The van der Waals surface area contributed by atoms with Crippen LogP contribution in [0.1, 0.15) is 18.1 Å². The third-order valence-electron chi connectivity index (χ3n) is 2.35. The van der Waals surface area contributed by atoms with Gasteiger partial charge in [0, 0.05) is 23.2 Å². The number of nitrogens with two attached hydrogens (primary N) is 1. The lowest BCUT2D eigenvalue weighted by Gasteiger charge is -2.15. The summed E-state index contributed by atoms with van der Waals surface area (Å²) >= 11 is 6.03. The van der Waals surface area contributed by atoms with Gasteiger partial charge in [-0.15, -0.1) is 0 Å². The highest BCUT2D eigenvalue weighted by Crippen LogP contribution is 2.32. The third-order valence-corrected chi connectivity index (χ3v) is 2.69. The van der Waals surface area contributed by atoms with Crippen molar-refractivity contribution in [1.82, 2.24) is 0 Å². The first kappa shape index (κ1) is 9.00. The Balaban J connectivity index is 2.29. The van der Waals surface area contributed by atoms with Crippen molar-refractivity contribution in [2.45, 2.75) is 18.6 Å². The minimum absolute atomic E-state index is 0.0197. The standard InChI is InChI=1S/C10H12ClNO/c11-8-4-2-1-3-7(8)10-9(12)5-6-13-10/h1-4,9-10H,5-6,12H2. The van der Waals surface area contributed by atoms with Crippen LogP contribution in [0.4, 0.5) is 0 Å². The van der Waals surface area contributed by atoms with E-state index in [2.05, 4.69) is 0 Å². The summed E-state index contributed by atoms with van der Waals surface area (Å²) in [5.41, 5.74) is 6.90. The number of hydrogen-bond acceptors (Lipinski definition) is 2. The van der Waals surface area contributed by atoms with E-state index in [1.165, 1.54) is 0 Å². The molecule has 1 aliphatic rings. The van der Waals surface area contributed by atoms with Crippen LogP contribution in [0.2, 0.25) is 5.02 Å². The molecule has 2 atom stereocenters. The molecule has 1 fully saturated rings. The van der Waals surface area contributed by atoms with Gasteiger partial charge in [0.05, 0.1) is 6.10 Å². The van der Waals surface area contributed by atoms with Gasteiger partial charge in [-0.2, -0.15) is 0 Å². The molecule has 3 heteroatoms. The second kappa shape index (κ2) is 3.66. The maximum Gasteiger partial charge on any atom is 0.0990 e. The van der Waals surface area contributed by atoms with Gasteiger partial charge in [-0.05, 0) is 12.5 Å². The summed E-state index contributed by atoms with van der Waals surface area (Å²) in [6.45, 7) is 0.733. The molecule has 1 heterocycles. The van der Waals surface area contributed by atoms with Gasteiger partial charge in [0.2, 0.25) is 0 Å². The lowest BCUT2D eigenvalue weighted by molar-refractivity contribution is 0.105. The molecule has 0 spiro atoms. The summed E-state index contributed by atoms with van der Waals surface area (Å²) in [6, 6.07) is 7.78. The van der Waals surface area contributed by atoms with Crippen LogP contribution in [-0.4, -0.2) is 12.6 Å². The fourth-order valence-electron chi connectivity index (χ4n) is 1.63. The molecule has 2 rings (SSSR count). The van der Waals surface area contributed by atoms with Crippen LogP contribution in [0.25, 0.3) is 0 Å². The maximum atomic E-state index is 6.03. The Labute approximate surface area is 82.6 Å². The summed E-state index contributed by atoms with van der Waals surface area (Å²) in [6.07, 6.45) is 0.893. The fourth-order valence-corrected chi connectivity index (χ4v) is 1.88. The van der Waals surface area contributed by atoms with Gasteiger partial charge in [-0.1, -0.05) is 29.8 Å². The van der Waals surface area contributed by atoms with Crippen molar-refractivity contribution in [3.8, 4) is 0 Å². The molecule has 2 nitrogen and oxygen atoms in total. The zero-order chi connectivity index (χ0) is 9.26. The molecule has 0 saturated carbocycles. The average molecular weight is 198 g/mol. The largest absolute Gasteiger partial charge is 0.372 e. The molecule has 0 radical (unpaired) electrons. The molecule has 13 heavy (non-hydrogen) atoms. The zero-order valence-electron chi connectivity index (χ0n) is 7.24. The fraction of sp³-hybridized carbons (Fsp3) is 0.400. The van der Waals surface area contributed by atoms with Crippen LogP contribution in [0, 0.1) is 0 Å². The second-order valence-corrected chi connectivity index (χ2v) is 3.67. The molecule has 2 unspecified atom stereocenters. The highest BCUT2D eigenvalue weighted by molar-refractivity contribution is 6.31. The first-order chi connectivity index (χ1) is 6.29. The molecule has 1 saturated heterocycles. The smallest absolute Gasteiger partial charge is 0.0990 e. The molecule has 0 aliphatic carbocycles. The lowest BCUT2D eigenvalue weighted by atomic mass is 10.0. The Kier molecular flexibility index (Phi) is 2.54. The zero-order valence-corrected chi connectivity index (χ0v) is 8.00. The summed E-state index contributed by atoms with van der Waals surface area (Å²) < 4.78 is 5.52. The summed E-state index contributed by atoms with van der Waals surface area (Å²) in [7, 11) is 0. The number of ether oxygens (including phenoxy) is 1. The molecular weight excluding hydrogens is 186 g/mol. The first-order valence-electron chi connectivity index (χ1n) is 4.40. The van der Waals surface area contributed by atoms with Crippen molar-refractivity contribution in [3.05, 3.63) is 34.9 Å². The van der Waals surface area contributed by atoms with E-state index >= 15 is 0 Å². The molecule has 0 amide bonds. The first-order valence-corrected chi connectivity index (χ1v) is 4.78. The Hall–Kier alpha value is -0.570. The monoisotopic (exact) mass is 197 g/mol. The van der Waals surface area contributed by atoms with Gasteiger partial charge in [0.25, 0.3) is 0 Å². The van der Waals surface area contributed by atoms with Crippen LogP contribution >= 0.6 is 11.6 Å². The Bertz CT molecular complexity index is 303. The van der Waals surface area contributed by atoms with Crippen LogP contribution in [-0.2, 0) is 4.74 Å². The minimum atomic E-state index is -0.0197. The highest BCUT2D eigenvalue weighted by Gasteiger charge is 2.27. The number of halogens is 1. The topological polar surface area (TPSA) is 35.2 Å². The van der Waals surface area contributed by atoms with Crippen LogP contribution in [0.15, 0.2) is 24.3 Å². The van der Waals surface area contributed by atoms with Crippen LogP contribution < -0.4 is 5.73 Å². The Morgan fingerprint density at radius 3 is 2.77 bits per heavy atom. The molecule has 0 aromatic heterocycles. The number of rotatable bonds is 1. The van der Waals surface area contributed by atoms with E-state index < -0.39 is 0 Å². The van der Waals surface area contributed by atoms with E-state index in [9.17, 15) is 0 Å². The summed E-state index contributed by atoms with van der Waals surface area (Å²) in [5, 5.41) is 0.741. The normalized spacial score (nSPS) is 27.8. The maximum absolute atomic E-state index is 6.03. The van der Waals surface area contributed by atoms with E-state index in [4.69, 9.17) is 22.1 Å². The number of benzene rings is 1. The van der Waals surface area contributed by atoms with E-state index in [1.54, 1.807) is 0 Å². The number of hydrogen-bond donors (Lipinski definition) is 1. The van der Waals surface area contributed by atoms with E-state index in [0.29, 0.717) is 0 Å². The molecular formula is C10H12ClNO.